The molecular weight excluding hydrogens is 372 g/mol. The number of alkyl halides is 1. The maximum absolute atomic E-state index is 12.9. The van der Waals surface area contributed by atoms with E-state index in [2.05, 4.69) is 19.9 Å². The van der Waals surface area contributed by atoms with E-state index < -0.39 is 0 Å². The summed E-state index contributed by atoms with van der Waals surface area (Å²) in [6.07, 6.45) is 3.83. The van der Waals surface area contributed by atoms with E-state index in [-0.39, 0.29) is 11.3 Å². The van der Waals surface area contributed by atoms with Crippen molar-refractivity contribution >= 4 is 34.9 Å². The van der Waals surface area contributed by atoms with Gasteiger partial charge in [0.25, 0.3) is 5.91 Å². The van der Waals surface area contributed by atoms with Crippen LogP contribution >= 0.6 is 22.9 Å². The summed E-state index contributed by atoms with van der Waals surface area (Å²) in [5, 5.41) is 15.0. The Morgan fingerprint density at radius 3 is 3.08 bits per heavy atom. The number of aromatic nitrogens is 5. The van der Waals surface area contributed by atoms with Crippen LogP contribution in [0.4, 0.5) is 0 Å². The van der Waals surface area contributed by atoms with Crippen LogP contribution in [0.5, 0.6) is 0 Å². The number of allylic oxidation sites excluding steroid dienone is 1. The first-order valence-electron chi connectivity index (χ1n) is 8.34. The van der Waals surface area contributed by atoms with Gasteiger partial charge in [0, 0.05) is 13.1 Å². The molecule has 1 unspecified atom stereocenters. The summed E-state index contributed by atoms with van der Waals surface area (Å²) >= 11 is 7.76. The second-order valence-corrected chi connectivity index (χ2v) is 7.82. The van der Waals surface area contributed by atoms with Crippen molar-refractivity contribution in [1.29, 1.82) is 0 Å². The molecule has 0 bridgehead atoms. The fraction of sp³-hybridized carbons (Fsp3) is 0.294. The van der Waals surface area contributed by atoms with Crippen molar-refractivity contribution in [2.24, 2.45) is 0 Å². The number of thiophene rings is 1. The number of rotatable bonds is 2. The summed E-state index contributed by atoms with van der Waals surface area (Å²) in [6, 6.07) is 5.85. The minimum atomic E-state index is -0.0884. The fourth-order valence-electron chi connectivity index (χ4n) is 3.33. The Hall–Kier alpha value is -2.45. The SMILES string of the molecule is O=C(c1cc2n(n1)CC(Cl)C=C2)N1CCn2c(nnc2-c2cccs2)C1. The van der Waals surface area contributed by atoms with Crippen LogP contribution in [0.15, 0.2) is 29.7 Å². The van der Waals surface area contributed by atoms with E-state index in [4.69, 9.17) is 11.6 Å². The third kappa shape index (κ3) is 2.57. The fourth-order valence-corrected chi connectivity index (χ4v) is 4.25. The molecule has 9 heteroatoms. The van der Waals surface area contributed by atoms with Gasteiger partial charge in [-0.2, -0.15) is 5.10 Å². The Morgan fingerprint density at radius 1 is 1.31 bits per heavy atom. The molecule has 3 aromatic rings. The third-order valence-electron chi connectivity index (χ3n) is 4.64. The number of amides is 1. The summed E-state index contributed by atoms with van der Waals surface area (Å²) in [5.41, 5.74) is 1.35. The Labute approximate surface area is 158 Å². The first-order valence-corrected chi connectivity index (χ1v) is 9.66. The largest absolute Gasteiger partial charge is 0.328 e. The number of nitrogens with zero attached hydrogens (tertiary/aromatic N) is 6. The molecule has 0 aromatic carbocycles. The average Bonchev–Trinajstić information content (AvgIpc) is 3.38. The van der Waals surface area contributed by atoms with Crippen molar-refractivity contribution in [2.45, 2.75) is 25.0 Å². The number of fused-ring (bicyclic) bond motifs is 2. The van der Waals surface area contributed by atoms with E-state index in [9.17, 15) is 4.79 Å². The molecule has 0 N–H and O–H groups in total. The topological polar surface area (TPSA) is 68.8 Å². The van der Waals surface area contributed by atoms with Crippen LogP contribution in [0.3, 0.4) is 0 Å². The quantitative estimate of drug-likeness (QED) is 0.634. The van der Waals surface area contributed by atoms with Crippen molar-refractivity contribution in [2.75, 3.05) is 6.54 Å². The van der Waals surface area contributed by atoms with Crippen molar-refractivity contribution in [3.05, 3.63) is 46.9 Å². The van der Waals surface area contributed by atoms with Crippen LogP contribution in [0.2, 0.25) is 0 Å². The van der Waals surface area contributed by atoms with E-state index >= 15 is 0 Å². The van der Waals surface area contributed by atoms with E-state index in [1.165, 1.54) is 0 Å². The standard InChI is InChI=1S/C17H15ClN6OS/c18-11-3-4-12-8-13(21-24(12)9-11)17(25)22-5-6-23-15(10-22)19-20-16(23)14-2-1-7-26-14/h1-4,7-8,11H,5-6,9-10H2. The number of hydrogen-bond acceptors (Lipinski definition) is 5. The van der Waals surface area contributed by atoms with Gasteiger partial charge in [0.15, 0.2) is 17.3 Å². The Bertz CT molecular complexity index is 1000. The van der Waals surface area contributed by atoms with Gasteiger partial charge in [0.05, 0.1) is 29.0 Å². The molecule has 2 aliphatic heterocycles. The van der Waals surface area contributed by atoms with Crippen LogP contribution < -0.4 is 0 Å². The first-order chi connectivity index (χ1) is 12.7. The lowest BCUT2D eigenvalue weighted by molar-refractivity contribution is 0.0701. The van der Waals surface area contributed by atoms with Crippen LogP contribution in [0.25, 0.3) is 16.8 Å². The maximum Gasteiger partial charge on any atom is 0.274 e. The molecule has 7 nitrogen and oxygen atoms in total. The van der Waals surface area contributed by atoms with E-state index in [1.807, 2.05) is 35.7 Å². The number of halogens is 1. The molecule has 5 heterocycles. The molecule has 26 heavy (non-hydrogen) atoms. The molecule has 0 saturated carbocycles. The third-order valence-corrected chi connectivity index (χ3v) is 5.78. The molecule has 2 aliphatic rings. The van der Waals surface area contributed by atoms with Crippen molar-refractivity contribution in [1.82, 2.24) is 29.4 Å². The summed E-state index contributed by atoms with van der Waals surface area (Å²) in [5.74, 6) is 1.59. The molecule has 0 radical (unpaired) electrons. The van der Waals surface area contributed by atoms with Gasteiger partial charge in [0.1, 0.15) is 0 Å². The second kappa shape index (κ2) is 6.07. The molecule has 0 saturated heterocycles. The Balaban J connectivity index is 1.38. The van der Waals surface area contributed by atoms with Gasteiger partial charge in [-0.3, -0.25) is 9.48 Å². The predicted octanol–water partition coefficient (Wildman–Crippen LogP) is 2.49. The average molecular weight is 387 g/mol. The maximum atomic E-state index is 12.9. The van der Waals surface area contributed by atoms with Gasteiger partial charge >= 0.3 is 0 Å². The van der Waals surface area contributed by atoms with E-state index in [1.54, 1.807) is 20.9 Å². The Morgan fingerprint density at radius 2 is 2.23 bits per heavy atom. The molecule has 1 atom stereocenters. The van der Waals surface area contributed by atoms with Gasteiger partial charge in [-0.25, -0.2) is 0 Å². The zero-order chi connectivity index (χ0) is 17.7. The lowest BCUT2D eigenvalue weighted by Crippen LogP contribution is -2.38. The first kappa shape index (κ1) is 15.8. The van der Waals surface area contributed by atoms with E-state index in [0.717, 1.165) is 22.2 Å². The molecule has 0 spiro atoms. The molecule has 0 fully saturated rings. The lowest BCUT2D eigenvalue weighted by Gasteiger charge is -2.27. The lowest BCUT2D eigenvalue weighted by atomic mass is 10.2. The van der Waals surface area contributed by atoms with Crippen molar-refractivity contribution in [3.63, 3.8) is 0 Å². The van der Waals surface area contributed by atoms with Crippen molar-refractivity contribution < 1.29 is 4.79 Å². The number of carbonyl (C=O) groups excluding carboxylic acids is 1. The highest BCUT2D eigenvalue weighted by Crippen LogP contribution is 2.26. The van der Waals surface area contributed by atoms with Crippen molar-refractivity contribution in [3.8, 4) is 10.7 Å². The summed E-state index contributed by atoms with van der Waals surface area (Å²) in [7, 11) is 0. The highest BCUT2D eigenvalue weighted by molar-refractivity contribution is 7.13. The summed E-state index contributed by atoms with van der Waals surface area (Å²) < 4.78 is 3.88. The van der Waals surface area contributed by atoms with E-state index in [0.29, 0.717) is 31.9 Å². The molecule has 1 amide bonds. The zero-order valence-electron chi connectivity index (χ0n) is 13.7. The van der Waals surface area contributed by atoms with Crippen LogP contribution in [-0.4, -0.2) is 47.3 Å². The van der Waals surface area contributed by atoms with Crippen LogP contribution in [0.1, 0.15) is 22.0 Å². The molecule has 0 aliphatic carbocycles. The summed E-state index contributed by atoms with van der Waals surface area (Å²) in [4.78, 5) is 15.7. The number of hydrogen-bond donors (Lipinski definition) is 0. The Kier molecular flexibility index (Phi) is 3.68. The van der Waals surface area contributed by atoms with Crippen LogP contribution in [0, 0.1) is 0 Å². The molecule has 3 aromatic heterocycles. The highest BCUT2D eigenvalue weighted by Gasteiger charge is 2.28. The molecule has 5 rings (SSSR count). The summed E-state index contributed by atoms with van der Waals surface area (Å²) in [6.45, 7) is 2.31. The minimum absolute atomic E-state index is 0.0849. The zero-order valence-corrected chi connectivity index (χ0v) is 15.3. The van der Waals surface area contributed by atoms with Gasteiger partial charge < -0.3 is 9.47 Å². The number of carbonyl (C=O) groups is 1. The molecular formula is C17H15ClN6OS. The molecule has 132 valence electrons. The van der Waals surface area contributed by atoms with Gasteiger partial charge in [-0.1, -0.05) is 12.1 Å². The highest BCUT2D eigenvalue weighted by atomic mass is 35.5. The smallest absolute Gasteiger partial charge is 0.274 e. The van der Waals surface area contributed by atoms with Crippen LogP contribution in [-0.2, 0) is 19.6 Å². The second-order valence-electron chi connectivity index (χ2n) is 6.31. The van der Waals surface area contributed by atoms with Gasteiger partial charge in [0.2, 0.25) is 0 Å². The van der Waals surface area contributed by atoms with Gasteiger partial charge in [-0.15, -0.1) is 33.1 Å². The monoisotopic (exact) mass is 386 g/mol. The normalized spacial score (nSPS) is 18.7. The minimum Gasteiger partial charge on any atom is -0.328 e. The van der Waals surface area contributed by atoms with Gasteiger partial charge in [-0.05, 0) is 23.6 Å². The predicted molar refractivity (Wildman–Crippen MR) is 99.0 cm³/mol.